The zero-order valence-corrected chi connectivity index (χ0v) is 6.88. The summed E-state index contributed by atoms with van der Waals surface area (Å²) in [5.41, 5.74) is 6.26. The van der Waals surface area contributed by atoms with Gasteiger partial charge in [-0.2, -0.15) is 0 Å². The molecule has 0 aliphatic heterocycles. The second-order valence-corrected chi connectivity index (χ2v) is 2.52. The Bertz CT molecular complexity index is 301. The van der Waals surface area contributed by atoms with Crippen molar-refractivity contribution >= 4 is 5.91 Å². The van der Waals surface area contributed by atoms with Gasteiger partial charge < -0.3 is 10.3 Å². The molecule has 0 fully saturated rings. The molecule has 2 N–H and O–H groups in total. The molecule has 0 radical (unpaired) electrons. The molecular weight excluding hydrogens is 142 g/mol. The number of rotatable bonds is 1. The maximum absolute atomic E-state index is 10.7. The van der Waals surface area contributed by atoms with E-state index in [2.05, 4.69) is 4.98 Å². The highest BCUT2D eigenvalue weighted by atomic mass is 16.1. The van der Waals surface area contributed by atoms with Crippen molar-refractivity contribution in [3.63, 3.8) is 0 Å². The van der Waals surface area contributed by atoms with E-state index in [4.69, 9.17) is 5.73 Å². The van der Waals surface area contributed by atoms with Gasteiger partial charge in [0.2, 0.25) is 0 Å². The molecule has 0 bridgehead atoms. The van der Waals surface area contributed by atoms with Crippen molar-refractivity contribution in [3.05, 3.63) is 17.2 Å². The molecular formula is C7H11N3O. The zero-order chi connectivity index (χ0) is 8.59. The number of hydrogen-bond acceptors (Lipinski definition) is 2. The summed E-state index contributed by atoms with van der Waals surface area (Å²) in [6.07, 6.45) is 0. The standard InChI is InChI=1S/C7H11N3O/c1-4-6(7(8)11)9-5(2)10(4)3/h1-3H3,(H2,8,11). The van der Waals surface area contributed by atoms with Gasteiger partial charge >= 0.3 is 0 Å². The van der Waals surface area contributed by atoms with E-state index in [0.29, 0.717) is 5.69 Å². The summed E-state index contributed by atoms with van der Waals surface area (Å²) < 4.78 is 1.83. The van der Waals surface area contributed by atoms with Gasteiger partial charge in [0.25, 0.3) is 5.91 Å². The number of carbonyl (C=O) groups is 1. The molecule has 0 saturated carbocycles. The predicted molar refractivity (Wildman–Crippen MR) is 41.2 cm³/mol. The number of aromatic nitrogens is 2. The van der Waals surface area contributed by atoms with Gasteiger partial charge in [-0.05, 0) is 13.8 Å². The van der Waals surface area contributed by atoms with Gasteiger partial charge in [-0.3, -0.25) is 4.79 Å². The summed E-state index contributed by atoms with van der Waals surface area (Å²) in [5, 5.41) is 0. The topological polar surface area (TPSA) is 60.9 Å². The number of imidazole rings is 1. The van der Waals surface area contributed by atoms with Crippen LogP contribution >= 0.6 is 0 Å². The van der Waals surface area contributed by atoms with Crippen LogP contribution in [-0.4, -0.2) is 15.5 Å². The summed E-state index contributed by atoms with van der Waals surface area (Å²) in [6.45, 7) is 3.65. The summed E-state index contributed by atoms with van der Waals surface area (Å²) in [5.74, 6) is 0.336. The summed E-state index contributed by atoms with van der Waals surface area (Å²) in [6, 6.07) is 0. The van der Waals surface area contributed by atoms with E-state index in [1.54, 1.807) is 0 Å². The minimum absolute atomic E-state index is 0.366. The molecule has 60 valence electrons. The molecule has 1 aromatic rings. The van der Waals surface area contributed by atoms with Crippen molar-refractivity contribution in [2.24, 2.45) is 12.8 Å². The highest BCUT2D eigenvalue weighted by molar-refractivity contribution is 5.92. The molecule has 4 nitrogen and oxygen atoms in total. The molecule has 1 heterocycles. The Morgan fingerprint density at radius 2 is 2.09 bits per heavy atom. The van der Waals surface area contributed by atoms with Crippen LogP contribution in [0.3, 0.4) is 0 Å². The smallest absolute Gasteiger partial charge is 0.269 e. The van der Waals surface area contributed by atoms with Crippen LogP contribution in [0.5, 0.6) is 0 Å². The molecule has 1 aromatic heterocycles. The molecule has 0 unspecified atom stereocenters. The third-order valence-electron chi connectivity index (χ3n) is 1.84. The van der Waals surface area contributed by atoms with Gasteiger partial charge in [0.05, 0.1) is 0 Å². The van der Waals surface area contributed by atoms with Crippen LogP contribution < -0.4 is 5.73 Å². The van der Waals surface area contributed by atoms with E-state index >= 15 is 0 Å². The Balaban J connectivity index is 3.29. The minimum atomic E-state index is -0.466. The Hall–Kier alpha value is -1.32. The van der Waals surface area contributed by atoms with Gasteiger partial charge in [-0.15, -0.1) is 0 Å². The van der Waals surface area contributed by atoms with Crippen LogP contribution in [0, 0.1) is 13.8 Å². The Morgan fingerprint density at radius 1 is 1.55 bits per heavy atom. The number of primary amides is 1. The second-order valence-electron chi connectivity index (χ2n) is 2.52. The number of hydrogen-bond donors (Lipinski definition) is 1. The fraction of sp³-hybridized carbons (Fsp3) is 0.429. The molecule has 0 aliphatic rings. The Labute approximate surface area is 65.0 Å². The van der Waals surface area contributed by atoms with E-state index in [0.717, 1.165) is 11.5 Å². The lowest BCUT2D eigenvalue weighted by Gasteiger charge is -1.95. The Morgan fingerprint density at radius 3 is 2.27 bits per heavy atom. The van der Waals surface area contributed by atoms with Crippen LogP contribution in [0.25, 0.3) is 0 Å². The van der Waals surface area contributed by atoms with Gasteiger partial charge in [-0.25, -0.2) is 4.98 Å². The zero-order valence-electron chi connectivity index (χ0n) is 6.88. The fourth-order valence-electron chi connectivity index (χ4n) is 0.953. The lowest BCUT2D eigenvalue weighted by Crippen LogP contribution is -2.13. The number of aryl methyl sites for hydroxylation is 1. The average molecular weight is 153 g/mol. The van der Waals surface area contributed by atoms with Gasteiger partial charge in [0, 0.05) is 12.7 Å². The molecule has 0 spiro atoms. The lowest BCUT2D eigenvalue weighted by molar-refractivity contribution is 0.0995. The normalized spacial score (nSPS) is 10.1. The molecule has 4 heteroatoms. The molecule has 0 atom stereocenters. The molecule has 11 heavy (non-hydrogen) atoms. The van der Waals surface area contributed by atoms with E-state index in [1.165, 1.54) is 0 Å². The average Bonchev–Trinajstić information content (AvgIpc) is 2.17. The van der Waals surface area contributed by atoms with Gasteiger partial charge in [-0.1, -0.05) is 0 Å². The summed E-state index contributed by atoms with van der Waals surface area (Å²) >= 11 is 0. The monoisotopic (exact) mass is 153 g/mol. The first-order chi connectivity index (χ1) is 5.04. The number of carbonyl (C=O) groups excluding carboxylic acids is 1. The maximum Gasteiger partial charge on any atom is 0.269 e. The van der Waals surface area contributed by atoms with Crippen LogP contribution in [0.1, 0.15) is 22.0 Å². The molecule has 0 aromatic carbocycles. The third-order valence-corrected chi connectivity index (χ3v) is 1.84. The van der Waals surface area contributed by atoms with Crippen LogP contribution in [0.4, 0.5) is 0 Å². The minimum Gasteiger partial charge on any atom is -0.364 e. The number of nitrogens with zero attached hydrogens (tertiary/aromatic N) is 2. The Kier molecular flexibility index (Phi) is 1.68. The maximum atomic E-state index is 10.7. The molecule has 0 saturated heterocycles. The first-order valence-corrected chi connectivity index (χ1v) is 3.33. The second kappa shape index (κ2) is 2.38. The van der Waals surface area contributed by atoms with E-state index in [-0.39, 0.29) is 0 Å². The van der Waals surface area contributed by atoms with Crippen molar-refractivity contribution < 1.29 is 4.79 Å². The van der Waals surface area contributed by atoms with E-state index in [9.17, 15) is 4.79 Å². The number of amides is 1. The van der Waals surface area contributed by atoms with Crippen LogP contribution in [0.15, 0.2) is 0 Å². The van der Waals surface area contributed by atoms with Crippen molar-refractivity contribution in [2.45, 2.75) is 13.8 Å². The van der Waals surface area contributed by atoms with Crippen molar-refractivity contribution in [1.82, 2.24) is 9.55 Å². The first-order valence-electron chi connectivity index (χ1n) is 3.33. The highest BCUT2D eigenvalue weighted by Crippen LogP contribution is 2.06. The van der Waals surface area contributed by atoms with Gasteiger partial charge in [0.15, 0.2) is 0 Å². The SMILES string of the molecule is Cc1nc(C(N)=O)c(C)n1C. The van der Waals surface area contributed by atoms with Crippen molar-refractivity contribution in [3.8, 4) is 0 Å². The predicted octanol–water partition coefficient (Wildman–Crippen LogP) is 0.136. The van der Waals surface area contributed by atoms with Crippen molar-refractivity contribution in [2.75, 3.05) is 0 Å². The van der Waals surface area contributed by atoms with Crippen molar-refractivity contribution in [1.29, 1.82) is 0 Å². The fourth-order valence-corrected chi connectivity index (χ4v) is 0.953. The quantitative estimate of drug-likeness (QED) is 0.623. The molecule has 0 aliphatic carbocycles. The lowest BCUT2D eigenvalue weighted by atomic mass is 10.3. The first kappa shape index (κ1) is 7.78. The van der Waals surface area contributed by atoms with E-state index < -0.39 is 5.91 Å². The molecule has 1 amide bonds. The highest BCUT2D eigenvalue weighted by Gasteiger charge is 2.11. The molecule has 1 rings (SSSR count). The summed E-state index contributed by atoms with van der Waals surface area (Å²) in [4.78, 5) is 14.7. The van der Waals surface area contributed by atoms with Crippen LogP contribution in [-0.2, 0) is 7.05 Å². The number of nitrogens with two attached hydrogens (primary N) is 1. The summed E-state index contributed by atoms with van der Waals surface area (Å²) in [7, 11) is 1.85. The van der Waals surface area contributed by atoms with Crippen LogP contribution in [0.2, 0.25) is 0 Å². The third kappa shape index (κ3) is 1.11. The largest absolute Gasteiger partial charge is 0.364 e. The van der Waals surface area contributed by atoms with Gasteiger partial charge in [0.1, 0.15) is 11.5 Å². The van der Waals surface area contributed by atoms with E-state index in [1.807, 2.05) is 25.5 Å².